The monoisotopic (exact) mass is 377 g/mol. The Labute approximate surface area is 155 Å². The van der Waals surface area contributed by atoms with Gasteiger partial charge < -0.3 is 15.0 Å². The fraction of sp³-hybridized carbons (Fsp3) is 0.474. The third-order valence-corrected chi connectivity index (χ3v) is 5.22. The van der Waals surface area contributed by atoms with E-state index in [2.05, 4.69) is 22.2 Å². The van der Waals surface area contributed by atoms with Crippen molar-refractivity contribution in [3.05, 3.63) is 46.4 Å². The Morgan fingerprint density at radius 2 is 1.85 bits per heavy atom. The molecule has 0 atom stereocenters. The molecular weight excluding hydrogens is 354 g/mol. The van der Waals surface area contributed by atoms with Gasteiger partial charge in [-0.15, -0.1) is 0 Å². The molecule has 0 spiro atoms. The molecule has 1 aliphatic heterocycles. The van der Waals surface area contributed by atoms with Gasteiger partial charge in [0, 0.05) is 11.5 Å². The molecule has 2 heterocycles. The number of aromatic nitrogens is 2. The molecule has 8 heteroatoms. The lowest BCUT2D eigenvalue weighted by molar-refractivity contribution is -0.655. The molecule has 6 nitrogen and oxygen atoms in total. The molecule has 4 rings (SSSR count). The SMILES string of the molecule is CC1(COc2c(N3CC[NH2+]CC3)cnn(-c3cc(F)cc(F)c3)c2=O)CC1. The Balaban J connectivity index is 1.76. The van der Waals surface area contributed by atoms with Gasteiger partial charge in [-0.1, -0.05) is 6.92 Å². The van der Waals surface area contributed by atoms with E-state index in [0.29, 0.717) is 12.3 Å². The third-order valence-electron chi connectivity index (χ3n) is 5.22. The highest BCUT2D eigenvalue weighted by molar-refractivity contribution is 5.56. The lowest BCUT2D eigenvalue weighted by Gasteiger charge is -2.28. The standard InChI is InChI=1S/C19H22F2N4O2/c1-19(2-3-19)12-27-17-16(24-6-4-22-5-7-24)11-23-25(18(17)26)15-9-13(20)8-14(21)10-15/h8-11,22H,2-7,12H2,1H3/p+1. The van der Waals surface area contributed by atoms with E-state index in [1.807, 2.05) is 0 Å². The number of nitrogens with zero attached hydrogens (tertiary/aromatic N) is 3. The number of rotatable bonds is 5. The molecule has 1 saturated heterocycles. The molecule has 27 heavy (non-hydrogen) atoms. The van der Waals surface area contributed by atoms with Crippen molar-refractivity contribution < 1.29 is 18.8 Å². The van der Waals surface area contributed by atoms with Crippen LogP contribution < -0.4 is 20.5 Å². The quantitative estimate of drug-likeness (QED) is 0.847. The van der Waals surface area contributed by atoms with Gasteiger partial charge in [0.2, 0.25) is 5.75 Å². The number of quaternary nitrogens is 1. The number of halogens is 2. The van der Waals surface area contributed by atoms with Crippen LogP contribution in [0.2, 0.25) is 0 Å². The van der Waals surface area contributed by atoms with Crippen LogP contribution in [0.15, 0.2) is 29.2 Å². The van der Waals surface area contributed by atoms with Gasteiger partial charge in [0.25, 0.3) is 0 Å². The second-order valence-corrected chi connectivity index (χ2v) is 7.66. The van der Waals surface area contributed by atoms with E-state index in [1.165, 1.54) is 0 Å². The van der Waals surface area contributed by atoms with Gasteiger partial charge in [0.05, 0.1) is 44.7 Å². The van der Waals surface area contributed by atoms with E-state index in [0.717, 1.165) is 61.9 Å². The zero-order valence-electron chi connectivity index (χ0n) is 15.3. The van der Waals surface area contributed by atoms with Gasteiger partial charge in [0.1, 0.15) is 17.3 Å². The van der Waals surface area contributed by atoms with Gasteiger partial charge in [-0.25, -0.2) is 8.78 Å². The van der Waals surface area contributed by atoms with E-state index in [4.69, 9.17) is 4.74 Å². The lowest BCUT2D eigenvalue weighted by Crippen LogP contribution is -2.89. The van der Waals surface area contributed by atoms with Crippen molar-refractivity contribution in [2.75, 3.05) is 37.7 Å². The van der Waals surface area contributed by atoms with Gasteiger partial charge in [-0.2, -0.15) is 9.78 Å². The third kappa shape index (κ3) is 3.80. The first-order chi connectivity index (χ1) is 13.0. The number of hydrogen-bond acceptors (Lipinski definition) is 4. The number of piperazine rings is 1. The average molecular weight is 377 g/mol. The molecule has 2 aromatic rings. The molecule has 144 valence electrons. The summed E-state index contributed by atoms with van der Waals surface area (Å²) in [5.41, 5.74) is 0.277. The van der Waals surface area contributed by atoms with Crippen LogP contribution in [0.3, 0.4) is 0 Å². The maximum absolute atomic E-state index is 13.6. The number of anilines is 1. The molecule has 2 aliphatic rings. The number of benzene rings is 1. The fourth-order valence-corrected chi connectivity index (χ4v) is 3.23. The normalized spacial score (nSPS) is 18.4. The van der Waals surface area contributed by atoms with Crippen LogP contribution in [-0.2, 0) is 0 Å². The second kappa shape index (κ2) is 6.92. The summed E-state index contributed by atoms with van der Waals surface area (Å²) in [4.78, 5) is 15.2. The van der Waals surface area contributed by atoms with Crippen molar-refractivity contribution >= 4 is 5.69 Å². The van der Waals surface area contributed by atoms with Gasteiger partial charge in [-0.3, -0.25) is 4.79 Å². The molecule has 2 fully saturated rings. The number of hydrogen-bond donors (Lipinski definition) is 1. The molecule has 1 aromatic carbocycles. The van der Waals surface area contributed by atoms with Crippen LogP contribution in [-0.4, -0.2) is 42.6 Å². The van der Waals surface area contributed by atoms with Crippen LogP contribution in [0.5, 0.6) is 5.75 Å². The van der Waals surface area contributed by atoms with Crippen LogP contribution in [0.1, 0.15) is 19.8 Å². The summed E-state index contributed by atoms with van der Waals surface area (Å²) in [6.07, 6.45) is 3.69. The zero-order chi connectivity index (χ0) is 19.0. The summed E-state index contributed by atoms with van der Waals surface area (Å²) < 4.78 is 34.2. The fourth-order valence-electron chi connectivity index (χ4n) is 3.23. The molecule has 1 saturated carbocycles. The maximum Gasteiger partial charge on any atom is 0.316 e. The molecule has 2 N–H and O–H groups in total. The molecule has 0 radical (unpaired) electrons. The summed E-state index contributed by atoms with van der Waals surface area (Å²) in [5, 5.41) is 6.38. The van der Waals surface area contributed by atoms with Crippen molar-refractivity contribution in [1.82, 2.24) is 9.78 Å². The van der Waals surface area contributed by atoms with Crippen LogP contribution in [0.25, 0.3) is 5.69 Å². The predicted molar refractivity (Wildman–Crippen MR) is 96.5 cm³/mol. The smallest absolute Gasteiger partial charge is 0.316 e. The molecule has 1 aromatic heterocycles. The van der Waals surface area contributed by atoms with Gasteiger partial charge >= 0.3 is 5.56 Å². The van der Waals surface area contributed by atoms with E-state index in [1.54, 1.807) is 6.20 Å². The minimum Gasteiger partial charge on any atom is -0.486 e. The van der Waals surface area contributed by atoms with E-state index < -0.39 is 17.2 Å². The molecule has 1 aliphatic carbocycles. The van der Waals surface area contributed by atoms with Crippen LogP contribution >= 0.6 is 0 Å². The van der Waals surface area contributed by atoms with Crippen molar-refractivity contribution in [1.29, 1.82) is 0 Å². The summed E-state index contributed by atoms with van der Waals surface area (Å²) in [5.74, 6) is -1.32. The molecule has 0 bridgehead atoms. The Bertz CT molecular complexity index is 885. The predicted octanol–water partition coefficient (Wildman–Crippen LogP) is 1.07. The van der Waals surface area contributed by atoms with Crippen LogP contribution in [0.4, 0.5) is 14.5 Å². The highest BCUT2D eigenvalue weighted by atomic mass is 19.1. The first-order valence-electron chi connectivity index (χ1n) is 9.23. The molecule has 0 unspecified atom stereocenters. The first-order valence-corrected chi connectivity index (χ1v) is 9.23. The largest absolute Gasteiger partial charge is 0.486 e. The highest BCUT2D eigenvalue weighted by Gasteiger charge is 2.38. The first kappa shape index (κ1) is 17.9. The Kier molecular flexibility index (Phi) is 4.59. The minimum atomic E-state index is -0.762. The highest BCUT2D eigenvalue weighted by Crippen LogP contribution is 2.45. The molecule has 0 amide bonds. The average Bonchev–Trinajstić information content (AvgIpc) is 3.38. The topological polar surface area (TPSA) is 64.0 Å². The van der Waals surface area contributed by atoms with E-state index in [9.17, 15) is 13.6 Å². The maximum atomic E-state index is 13.6. The summed E-state index contributed by atoms with van der Waals surface area (Å²) >= 11 is 0. The van der Waals surface area contributed by atoms with Gasteiger partial charge in [-0.05, 0) is 25.0 Å². The molecular formula is C19H23F2N4O2+. The van der Waals surface area contributed by atoms with Gasteiger partial charge in [0.15, 0.2) is 0 Å². The Morgan fingerprint density at radius 1 is 1.19 bits per heavy atom. The van der Waals surface area contributed by atoms with Crippen molar-refractivity contribution in [3.63, 3.8) is 0 Å². The Morgan fingerprint density at radius 3 is 2.48 bits per heavy atom. The van der Waals surface area contributed by atoms with Crippen LogP contribution in [0, 0.1) is 17.0 Å². The minimum absolute atomic E-state index is 0.0403. The Hall–Kier alpha value is -2.48. The van der Waals surface area contributed by atoms with Crippen molar-refractivity contribution in [2.24, 2.45) is 5.41 Å². The van der Waals surface area contributed by atoms with Crippen molar-refractivity contribution in [3.8, 4) is 11.4 Å². The summed E-state index contributed by atoms with van der Waals surface area (Å²) in [7, 11) is 0. The summed E-state index contributed by atoms with van der Waals surface area (Å²) in [6, 6.07) is 2.93. The number of ether oxygens (including phenoxy) is 1. The van der Waals surface area contributed by atoms with E-state index >= 15 is 0 Å². The lowest BCUT2D eigenvalue weighted by atomic mass is 10.2. The second-order valence-electron chi connectivity index (χ2n) is 7.66. The number of nitrogens with two attached hydrogens (primary N) is 1. The van der Waals surface area contributed by atoms with Crippen molar-refractivity contribution in [2.45, 2.75) is 19.8 Å². The van der Waals surface area contributed by atoms with E-state index in [-0.39, 0.29) is 16.9 Å². The zero-order valence-corrected chi connectivity index (χ0v) is 15.3. The summed E-state index contributed by atoms with van der Waals surface area (Å²) in [6.45, 7) is 5.98.